The van der Waals surface area contributed by atoms with Crippen molar-refractivity contribution < 1.29 is 8.78 Å². The first-order chi connectivity index (χ1) is 8.06. The molecule has 2 aromatic rings. The van der Waals surface area contributed by atoms with E-state index < -0.39 is 12.0 Å². The molecule has 6 heteroatoms. The largest absolute Gasteiger partial charge is 0.294 e. The maximum atomic E-state index is 12.4. The third-order valence-electron chi connectivity index (χ3n) is 2.27. The molecule has 0 atom stereocenters. The minimum absolute atomic E-state index is 0.241. The van der Waals surface area contributed by atoms with Gasteiger partial charge in [-0.15, -0.1) is 0 Å². The average molecular weight is 303 g/mol. The summed E-state index contributed by atoms with van der Waals surface area (Å²) in [6.07, 6.45) is -2.66. The van der Waals surface area contributed by atoms with Gasteiger partial charge in [0.15, 0.2) is 0 Å². The minimum Gasteiger partial charge on any atom is -0.294 e. The van der Waals surface area contributed by atoms with Crippen molar-refractivity contribution in [3.8, 4) is 0 Å². The van der Waals surface area contributed by atoms with E-state index >= 15 is 0 Å². The summed E-state index contributed by atoms with van der Waals surface area (Å²) < 4.78 is 26.8. The predicted molar refractivity (Wildman–Crippen MR) is 63.3 cm³/mol. The van der Waals surface area contributed by atoms with Crippen LogP contribution in [0.4, 0.5) is 8.78 Å². The summed E-state index contributed by atoms with van der Waals surface area (Å²) in [5.74, 6) is 0. The van der Waals surface area contributed by atoms with E-state index in [2.05, 4.69) is 21.0 Å². The standard InChI is InChI=1S/C11H9BrF2N2O/c12-8-3-1-2-7(4-8)6-16-10(17)5-9(15-16)11(13)14/h1-5,11,15H,6H2. The molecule has 3 nitrogen and oxygen atoms in total. The molecule has 0 saturated carbocycles. The van der Waals surface area contributed by atoms with E-state index in [4.69, 9.17) is 0 Å². The van der Waals surface area contributed by atoms with E-state index in [1.165, 1.54) is 0 Å². The SMILES string of the molecule is O=c1cc(C(F)F)[nH]n1Cc1cccc(Br)c1. The van der Waals surface area contributed by atoms with Crippen LogP contribution >= 0.6 is 15.9 Å². The number of alkyl halides is 2. The third-order valence-corrected chi connectivity index (χ3v) is 2.77. The number of aromatic amines is 1. The lowest BCUT2D eigenvalue weighted by molar-refractivity contribution is 0.145. The van der Waals surface area contributed by atoms with Crippen molar-refractivity contribution in [2.45, 2.75) is 13.0 Å². The van der Waals surface area contributed by atoms with Crippen molar-refractivity contribution >= 4 is 15.9 Å². The Morgan fingerprint density at radius 3 is 2.71 bits per heavy atom. The lowest BCUT2D eigenvalue weighted by Crippen LogP contribution is -2.16. The zero-order valence-corrected chi connectivity index (χ0v) is 10.2. The number of halogens is 3. The molecule has 0 bridgehead atoms. The van der Waals surface area contributed by atoms with E-state index in [0.29, 0.717) is 0 Å². The first-order valence-corrected chi connectivity index (χ1v) is 5.68. The zero-order valence-electron chi connectivity index (χ0n) is 8.66. The third kappa shape index (κ3) is 2.82. The Labute approximate surface area is 104 Å². The van der Waals surface area contributed by atoms with E-state index in [-0.39, 0.29) is 12.2 Å². The number of H-pyrrole nitrogens is 1. The fourth-order valence-corrected chi connectivity index (χ4v) is 1.95. The topological polar surface area (TPSA) is 37.8 Å². The minimum atomic E-state index is -2.66. The first-order valence-electron chi connectivity index (χ1n) is 4.88. The zero-order chi connectivity index (χ0) is 12.4. The molecule has 0 amide bonds. The molecule has 0 fully saturated rings. The van der Waals surface area contributed by atoms with Gasteiger partial charge < -0.3 is 0 Å². The van der Waals surface area contributed by atoms with Crippen molar-refractivity contribution in [2.24, 2.45) is 0 Å². The molecule has 0 aliphatic carbocycles. The maximum Gasteiger partial charge on any atom is 0.279 e. The van der Waals surface area contributed by atoms with Crippen LogP contribution in [0.1, 0.15) is 17.7 Å². The van der Waals surface area contributed by atoms with E-state index in [0.717, 1.165) is 20.8 Å². The molecule has 0 aliphatic rings. The smallest absolute Gasteiger partial charge is 0.279 e. The highest BCUT2D eigenvalue weighted by atomic mass is 79.9. The van der Waals surface area contributed by atoms with Crippen molar-refractivity contribution in [1.82, 2.24) is 9.78 Å². The number of nitrogens with one attached hydrogen (secondary N) is 1. The summed E-state index contributed by atoms with van der Waals surface area (Å²) in [6.45, 7) is 0.241. The maximum absolute atomic E-state index is 12.4. The van der Waals surface area contributed by atoms with Gasteiger partial charge in [-0.2, -0.15) is 0 Å². The molecule has 0 spiro atoms. The fraction of sp³-hybridized carbons (Fsp3) is 0.182. The van der Waals surface area contributed by atoms with Crippen LogP contribution in [0, 0.1) is 0 Å². The van der Waals surface area contributed by atoms with Gasteiger partial charge in [-0.05, 0) is 17.7 Å². The Bertz CT molecular complexity index is 577. The van der Waals surface area contributed by atoms with Crippen LogP contribution in [0.15, 0.2) is 39.6 Å². The van der Waals surface area contributed by atoms with Crippen molar-refractivity contribution in [1.29, 1.82) is 0 Å². The van der Waals surface area contributed by atoms with Crippen LogP contribution in [0.5, 0.6) is 0 Å². The number of hydrogen-bond acceptors (Lipinski definition) is 1. The second-order valence-corrected chi connectivity index (χ2v) is 4.48. The molecular weight excluding hydrogens is 294 g/mol. The predicted octanol–water partition coefficient (Wildman–Crippen LogP) is 2.92. The molecule has 0 radical (unpaired) electrons. The first kappa shape index (κ1) is 12.0. The Morgan fingerprint density at radius 2 is 2.12 bits per heavy atom. The van der Waals surface area contributed by atoms with E-state index in [9.17, 15) is 13.6 Å². The molecule has 1 N–H and O–H groups in total. The Morgan fingerprint density at radius 1 is 1.35 bits per heavy atom. The molecule has 1 aromatic carbocycles. The summed E-state index contributed by atoms with van der Waals surface area (Å²) in [5.41, 5.74) is 0.0365. The normalized spacial score (nSPS) is 11.1. The van der Waals surface area contributed by atoms with Crippen LogP contribution in [-0.2, 0) is 6.54 Å². The summed E-state index contributed by atoms with van der Waals surface area (Å²) >= 11 is 3.30. The summed E-state index contributed by atoms with van der Waals surface area (Å²) in [5, 5.41) is 2.39. The van der Waals surface area contributed by atoms with Gasteiger partial charge in [0.2, 0.25) is 0 Å². The number of rotatable bonds is 3. The van der Waals surface area contributed by atoms with Gasteiger partial charge in [0.05, 0.1) is 6.54 Å². The van der Waals surface area contributed by atoms with Gasteiger partial charge in [-0.1, -0.05) is 28.1 Å². The van der Waals surface area contributed by atoms with Gasteiger partial charge in [0.25, 0.3) is 12.0 Å². The monoisotopic (exact) mass is 302 g/mol. The van der Waals surface area contributed by atoms with Gasteiger partial charge in [-0.25, -0.2) is 13.5 Å². The summed E-state index contributed by atoms with van der Waals surface area (Å²) in [6, 6.07) is 8.24. The van der Waals surface area contributed by atoms with Crippen LogP contribution in [0.2, 0.25) is 0 Å². The highest BCUT2D eigenvalue weighted by molar-refractivity contribution is 9.10. The van der Waals surface area contributed by atoms with Crippen LogP contribution in [0.25, 0.3) is 0 Å². The molecule has 1 aromatic heterocycles. The van der Waals surface area contributed by atoms with Crippen LogP contribution < -0.4 is 5.56 Å². The molecule has 2 rings (SSSR count). The number of aromatic nitrogens is 2. The van der Waals surface area contributed by atoms with Crippen molar-refractivity contribution in [3.63, 3.8) is 0 Å². The highest BCUT2D eigenvalue weighted by Gasteiger charge is 2.12. The number of benzene rings is 1. The summed E-state index contributed by atoms with van der Waals surface area (Å²) in [4.78, 5) is 11.4. The quantitative estimate of drug-likeness (QED) is 0.930. The Hall–Kier alpha value is -1.43. The molecular formula is C11H9BrF2N2O. The van der Waals surface area contributed by atoms with Gasteiger partial charge in [0, 0.05) is 10.5 Å². The lowest BCUT2D eigenvalue weighted by atomic mass is 10.2. The van der Waals surface area contributed by atoms with Crippen LogP contribution in [0.3, 0.4) is 0 Å². The summed E-state index contributed by atoms with van der Waals surface area (Å²) in [7, 11) is 0. The van der Waals surface area contributed by atoms with Crippen molar-refractivity contribution in [3.05, 3.63) is 56.4 Å². The molecule has 0 aliphatic heterocycles. The Kier molecular flexibility index (Phi) is 3.42. The van der Waals surface area contributed by atoms with Crippen LogP contribution in [-0.4, -0.2) is 9.78 Å². The van der Waals surface area contributed by atoms with Gasteiger partial charge in [0.1, 0.15) is 5.69 Å². The second kappa shape index (κ2) is 4.83. The average Bonchev–Trinajstić information content (AvgIpc) is 2.61. The van der Waals surface area contributed by atoms with Gasteiger partial charge >= 0.3 is 0 Å². The number of nitrogens with zero attached hydrogens (tertiary/aromatic N) is 1. The molecule has 1 heterocycles. The molecule has 0 saturated heterocycles. The molecule has 17 heavy (non-hydrogen) atoms. The van der Waals surface area contributed by atoms with E-state index in [1.807, 2.05) is 24.3 Å². The molecule has 90 valence electrons. The number of hydrogen-bond donors (Lipinski definition) is 1. The Balaban J connectivity index is 2.27. The van der Waals surface area contributed by atoms with Gasteiger partial charge in [-0.3, -0.25) is 9.89 Å². The van der Waals surface area contributed by atoms with Crippen molar-refractivity contribution in [2.75, 3.05) is 0 Å². The molecule has 0 unspecified atom stereocenters. The highest BCUT2D eigenvalue weighted by Crippen LogP contribution is 2.15. The van der Waals surface area contributed by atoms with E-state index in [1.54, 1.807) is 0 Å². The fourth-order valence-electron chi connectivity index (χ4n) is 1.50. The lowest BCUT2D eigenvalue weighted by Gasteiger charge is -2.03. The second-order valence-electron chi connectivity index (χ2n) is 3.57.